The molecule has 2 rings (SSSR count). The van der Waals surface area contributed by atoms with E-state index in [-0.39, 0.29) is 23.4 Å². The van der Waals surface area contributed by atoms with E-state index in [0.29, 0.717) is 32.5 Å². The van der Waals surface area contributed by atoms with Gasteiger partial charge in [-0.1, -0.05) is 6.07 Å². The van der Waals surface area contributed by atoms with Gasteiger partial charge in [0.05, 0.1) is 12.5 Å². The van der Waals surface area contributed by atoms with Crippen LogP contribution < -0.4 is 5.32 Å². The highest BCUT2D eigenvalue weighted by Gasteiger charge is 2.29. The number of benzene rings is 1. The number of anilines is 1. The maximum absolute atomic E-state index is 12.6. The number of hydrogen-bond acceptors (Lipinski definition) is 5. The summed E-state index contributed by atoms with van der Waals surface area (Å²) in [5.41, 5.74) is 3.20. The molecule has 6 nitrogen and oxygen atoms in total. The van der Waals surface area contributed by atoms with E-state index < -0.39 is 0 Å². The smallest absolute Gasteiger partial charge is 0.309 e. The molecule has 1 heterocycles. The molecule has 0 aliphatic carbocycles. The number of esters is 1. The van der Waals surface area contributed by atoms with Gasteiger partial charge in [-0.15, -0.1) is 0 Å². The molecular formula is C20H25N3O3. The van der Waals surface area contributed by atoms with Gasteiger partial charge in [-0.05, 0) is 56.9 Å². The summed E-state index contributed by atoms with van der Waals surface area (Å²) < 4.78 is 5.04. The number of rotatable bonds is 5. The fourth-order valence-electron chi connectivity index (χ4n) is 2.88. The molecule has 1 N–H and O–H groups in total. The lowest BCUT2D eigenvalue weighted by atomic mass is 9.96. The predicted octanol–water partition coefficient (Wildman–Crippen LogP) is 2.92. The fraction of sp³-hybridized carbons (Fsp3) is 0.450. The number of hydrogen-bond donors (Lipinski definition) is 1. The van der Waals surface area contributed by atoms with Gasteiger partial charge in [0, 0.05) is 25.0 Å². The molecule has 0 saturated carbocycles. The first kappa shape index (κ1) is 19.5. The molecule has 6 heteroatoms. The monoisotopic (exact) mass is 355 g/mol. The van der Waals surface area contributed by atoms with E-state index in [1.807, 2.05) is 38.1 Å². The molecule has 0 radical (unpaired) electrons. The van der Waals surface area contributed by atoms with Crippen molar-refractivity contribution in [3.63, 3.8) is 0 Å². The zero-order chi connectivity index (χ0) is 19.1. The molecule has 0 spiro atoms. The maximum atomic E-state index is 12.6. The molecule has 0 bridgehead atoms. The van der Waals surface area contributed by atoms with Crippen molar-refractivity contribution >= 4 is 17.6 Å². The van der Waals surface area contributed by atoms with E-state index in [1.165, 1.54) is 11.8 Å². The second kappa shape index (κ2) is 9.04. The number of nitrogens with one attached hydrogen (secondary N) is 1. The zero-order valence-electron chi connectivity index (χ0n) is 15.5. The Balaban J connectivity index is 1.97. The van der Waals surface area contributed by atoms with Crippen LogP contribution in [-0.4, -0.2) is 36.5 Å². The molecule has 138 valence electrons. The summed E-state index contributed by atoms with van der Waals surface area (Å²) in [6.45, 7) is 7.08. The van der Waals surface area contributed by atoms with Gasteiger partial charge < -0.3 is 15.0 Å². The SMILES string of the molecule is CCOC(=O)C1CCN(C(=O)/C(C#N)=C\Nc2ccc(C)c(C)c2)CC1. The number of carbonyl (C=O) groups is 2. The third-order valence-corrected chi connectivity index (χ3v) is 4.64. The van der Waals surface area contributed by atoms with Crippen LogP contribution in [0.25, 0.3) is 0 Å². The fourth-order valence-corrected chi connectivity index (χ4v) is 2.88. The number of likely N-dealkylation sites (tertiary alicyclic amines) is 1. The van der Waals surface area contributed by atoms with Crippen LogP contribution in [0.1, 0.15) is 30.9 Å². The number of aryl methyl sites for hydroxylation is 2. The molecule has 0 aromatic heterocycles. The summed E-state index contributed by atoms with van der Waals surface area (Å²) >= 11 is 0. The van der Waals surface area contributed by atoms with E-state index in [0.717, 1.165) is 11.3 Å². The van der Waals surface area contributed by atoms with Crippen molar-refractivity contribution in [3.8, 4) is 6.07 Å². The van der Waals surface area contributed by atoms with Crippen molar-refractivity contribution in [3.05, 3.63) is 41.1 Å². The molecule has 1 saturated heterocycles. The van der Waals surface area contributed by atoms with E-state index in [1.54, 1.807) is 11.8 Å². The molecule has 1 aromatic carbocycles. The molecule has 1 aliphatic heterocycles. The Morgan fingerprint density at radius 3 is 2.58 bits per heavy atom. The van der Waals surface area contributed by atoms with E-state index in [2.05, 4.69) is 5.32 Å². The quantitative estimate of drug-likeness (QED) is 0.499. The minimum atomic E-state index is -0.314. The number of amides is 1. The number of nitrogens with zero attached hydrogens (tertiary/aromatic N) is 2. The third-order valence-electron chi connectivity index (χ3n) is 4.64. The molecule has 1 aromatic rings. The Kier molecular flexibility index (Phi) is 6.79. The van der Waals surface area contributed by atoms with Crippen molar-refractivity contribution in [1.29, 1.82) is 5.26 Å². The number of ether oxygens (including phenoxy) is 1. The standard InChI is InChI=1S/C20H25N3O3/c1-4-26-20(25)16-7-9-23(10-8-16)19(24)17(12-21)13-22-18-6-5-14(2)15(3)11-18/h5-6,11,13,16,22H,4,7-10H2,1-3H3/b17-13-. The summed E-state index contributed by atoms with van der Waals surface area (Å²) in [4.78, 5) is 25.9. The van der Waals surface area contributed by atoms with Gasteiger partial charge in [0.1, 0.15) is 11.6 Å². The van der Waals surface area contributed by atoms with Gasteiger partial charge in [-0.25, -0.2) is 0 Å². The van der Waals surface area contributed by atoms with E-state index in [9.17, 15) is 14.9 Å². The van der Waals surface area contributed by atoms with Crippen LogP contribution in [0.2, 0.25) is 0 Å². The van der Waals surface area contributed by atoms with Crippen LogP contribution >= 0.6 is 0 Å². The minimum absolute atomic E-state index is 0.0535. The molecule has 1 fully saturated rings. The molecule has 1 amide bonds. The van der Waals surface area contributed by atoms with Crippen LogP contribution in [0.5, 0.6) is 0 Å². The zero-order valence-corrected chi connectivity index (χ0v) is 15.5. The van der Waals surface area contributed by atoms with Crippen LogP contribution in [0, 0.1) is 31.1 Å². The van der Waals surface area contributed by atoms with E-state index >= 15 is 0 Å². The van der Waals surface area contributed by atoms with Gasteiger partial charge in [0.15, 0.2) is 0 Å². The summed E-state index contributed by atoms with van der Waals surface area (Å²) in [6.07, 6.45) is 2.58. The average molecular weight is 355 g/mol. The molecule has 0 unspecified atom stereocenters. The van der Waals surface area contributed by atoms with Crippen LogP contribution in [0.4, 0.5) is 5.69 Å². The van der Waals surface area contributed by atoms with Gasteiger partial charge in [0.2, 0.25) is 0 Å². The first-order valence-electron chi connectivity index (χ1n) is 8.86. The number of carbonyl (C=O) groups excluding carboxylic acids is 2. The topological polar surface area (TPSA) is 82.4 Å². The van der Waals surface area contributed by atoms with Gasteiger partial charge in [-0.2, -0.15) is 5.26 Å². The Bertz CT molecular complexity index is 741. The summed E-state index contributed by atoms with van der Waals surface area (Å²) in [6, 6.07) is 7.83. The van der Waals surface area contributed by atoms with Crippen LogP contribution in [0.15, 0.2) is 30.0 Å². The summed E-state index contributed by atoms with van der Waals surface area (Å²) in [5, 5.41) is 12.4. The van der Waals surface area contributed by atoms with Crippen molar-refractivity contribution in [2.75, 3.05) is 25.0 Å². The Morgan fingerprint density at radius 2 is 2.00 bits per heavy atom. The lowest BCUT2D eigenvalue weighted by molar-refractivity contribution is -0.150. The van der Waals surface area contributed by atoms with Crippen molar-refractivity contribution in [2.45, 2.75) is 33.6 Å². The third kappa shape index (κ3) is 4.85. The highest BCUT2D eigenvalue weighted by molar-refractivity contribution is 5.97. The molecule has 26 heavy (non-hydrogen) atoms. The lowest BCUT2D eigenvalue weighted by Crippen LogP contribution is -2.41. The van der Waals surface area contributed by atoms with Gasteiger partial charge in [-0.3, -0.25) is 9.59 Å². The summed E-state index contributed by atoms with van der Waals surface area (Å²) in [7, 11) is 0. The highest BCUT2D eigenvalue weighted by atomic mass is 16.5. The Hall–Kier alpha value is -2.81. The average Bonchev–Trinajstić information content (AvgIpc) is 2.65. The summed E-state index contributed by atoms with van der Waals surface area (Å²) in [5.74, 6) is -0.680. The predicted molar refractivity (Wildman–Crippen MR) is 99.2 cm³/mol. The Labute approximate surface area is 154 Å². The van der Waals surface area contributed by atoms with Crippen molar-refractivity contribution < 1.29 is 14.3 Å². The van der Waals surface area contributed by atoms with Gasteiger partial charge >= 0.3 is 5.97 Å². The number of nitriles is 1. The second-order valence-corrected chi connectivity index (χ2v) is 6.43. The first-order chi connectivity index (χ1) is 12.5. The largest absolute Gasteiger partial charge is 0.466 e. The van der Waals surface area contributed by atoms with Crippen LogP contribution in [-0.2, 0) is 14.3 Å². The van der Waals surface area contributed by atoms with Crippen molar-refractivity contribution in [2.24, 2.45) is 5.92 Å². The molecule has 0 atom stereocenters. The highest BCUT2D eigenvalue weighted by Crippen LogP contribution is 2.20. The van der Waals surface area contributed by atoms with Crippen LogP contribution in [0.3, 0.4) is 0 Å². The van der Waals surface area contributed by atoms with E-state index in [4.69, 9.17) is 4.74 Å². The van der Waals surface area contributed by atoms with Crippen molar-refractivity contribution in [1.82, 2.24) is 4.90 Å². The second-order valence-electron chi connectivity index (χ2n) is 6.43. The lowest BCUT2D eigenvalue weighted by Gasteiger charge is -2.30. The Morgan fingerprint density at radius 1 is 1.31 bits per heavy atom. The molecular weight excluding hydrogens is 330 g/mol. The minimum Gasteiger partial charge on any atom is -0.466 e. The number of piperidine rings is 1. The normalized spacial score (nSPS) is 15.3. The van der Waals surface area contributed by atoms with Gasteiger partial charge in [0.25, 0.3) is 5.91 Å². The first-order valence-corrected chi connectivity index (χ1v) is 8.86. The molecule has 1 aliphatic rings. The maximum Gasteiger partial charge on any atom is 0.309 e.